The lowest BCUT2D eigenvalue weighted by atomic mass is 10.4. The Kier molecular flexibility index (Phi) is 28.1. The quantitative estimate of drug-likeness (QED) is 0.417. The molecule has 0 atom stereocenters. The van der Waals surface area contributed by atoms with E-state index in [0.29, 0.717) is 0 Å². The zero-order chi connectivity index (χ0) is 20.1. The second-order valence-electron chi connectivity index (χ2n) is 3.56. The normalized spacial score (nSPS) is 11.5. The van der Waals surface area contributed by atoms with Gasteiger partial charge in [0, 0.05) is 0 Å². The first kappa shape index (κ1) is 29.6. The van der Waals surface area contributed by atoms with Gasteiger partial charge in [-0.2, -0.15) is 0 Å². The summed E-state index contributed by atoms with van der Waals surface area (Å²) in [4.78, 5) is 35.9. The number of nitrogens with zero attached hydrogens (tertiary/aromatic N) is 1. The van der Waals surface area contributed by atoms with Gasteiger partial charge < -0.3 is 25.3 Å². The maximum Gasteiger partial charge on any atom is 0.492 e. The van der Waals surface area contributed by atoms with Crippen LogP contribution in [-0.2, 0) is 0 Å². The molecule has 1 saturated heterocycles. The van der Waals surface area contributed by atoms with Gasteiger partial charge in [-0.1, -0.05) is 6.92 Å². The Morgan fingerprint density at radius 3 is 1.12 bits per heavy atom. The molecule has 1 aliphatic heterocycles. The highest BCUT2D eigenvalue weighted by Gasteiger charge is 2.08. The fourth-order valence-electron chi connectivity index (χ4n) is 1.32. The van der Waals surface area contributed by atoms with Crippen LogP contribution in [0, 0.1) is 0 Å². The van der Waals surface area contributed by atoms with Gasteiger partial charge in [-0.25, -0.2) is 19.2 Å². The number of hydrogen-bond acceptors (Lipinski definition) is 5. The molecule has 24 heavy (non-hydrogen) atoms. The molecule has 1 fully saturated rings. The molecule has 1 aliphatic rings. The zero-order valence-electron chi connectivity index (χ0n) is 12.6. The first-order valence-electron chi connectivity index (χ1n) is 6.12. The Morgan fingerprint density at radius 2 is 0.958 bits per heavy atom. The smallest absolute Gasteiger partial charge is 0.456 e. The molecule has 1 heterocycles. The lowest BCUT2D eigenvalue weighted by Gasteiger charge is -2.11. The van der Waals surface area contributed by atoms with Crippen LogP contribution in [0.5, 0.6) is 0 Å². The molecule has 0 radical (unpaired) electrons. The highest BCUT2D eigenvalue weighted by Crippen LogP contribution is 2.06. The van der Waals surface area contributed by atoms with E-state index in [0.717, 1.165) is 0 Å². The van der Waals surface area contributed by atoms with Gasteiger partial charge in [0.15, 0.2) is 0 Å². The van der Waals surface area contributed by atoms with Crippen molar-refractivity contribution in [3.63, 3.8) is 0 Å². The minimum atomic E-state index is -2.33. The first-order valence-corrected chi connectivity index (χ1v) is 6.12. The average molecular weight is 369 g/mol. The third kappa shape index (κ3) is 118. The molecule has 144 valence electrons. The number of carboxylic acid groups (broad SMARTS) is 4. The highest BCUT2D eigenvalue weighted by atomic mass is 19.2. The second kappa shape index (κ2) is 22.8. The predicted molar refractivity (Wildman–Crippen MR) is 72.5 cm³/mol. The summed E-state index contributed by atoms with van der Waals surface area (Å²) >= 11 is 0. The standard InChI is InChI=1S/C7H15N.4CHFO2/c1-2-5-8-6-3-4-7-8;4*2-1(3)4/h2-7H2,1H3;4*(H,3,4). The van der Waals surface area contributed by atoms with Gasteiger partial charge in [0.1, 0.15) is 0 Å². The van der Waals surface area contributed by atoms with Crippen LogP contribution in [0.25, 0.3) is 0 Å². The second-order valence-corrected chi connectivity index (χ2v) is 3.56. The van der Waals surface area contributed by atoms with Crippen molar-refractivity contribution in [1.82, 2.24) is 4.90 Å². The molecular weight excluding hydrogens is 350 g/mol. The van der Waals surface area contributed by atoms with Crippen LogP contribution in [0.15, 0.2) is 0 Å². The summed E-state index contributed by atoms with van der Waals surface area (Å²) in [5.74, 6) is 0. The Morgan fingerprint density at radius 1 is 0.750 bits per heavy atom. The molecule has 4 N–H and O–H groups in total. The molecule has 0 aliphatic carbocycles. The lowest BCUT2D eigenvalue weighted by Crippen LogP contribution is -2.19. The van der Waals surface area contributed by atoms with E-state index in [1.165, 1.54) is 38.9 Å². The molecular formula is C11H19F4NO8. The minimum absolute atomic E-state index is 1.32. The van der Waals surface area contributed by atoms with E-state index in [1.807, 2.05) is 0 Å². The number of likely N-dealkylation sites (tertiary alicyclic amines) is 1. The molecule has 13 heteroatoms. The summed E-state index contributed by atoms with van der Waals surface area (Å²) in [6.45, 7) is 6.28. The number of hydrogen-bond donors (Lipinski definition) is 4. The maximum atomic E-state index is 9.92. The van der Waals surface area contributed by atoms with Crippen molar-refractivity contribution in [3.8, 4) is 0 Å². The Bertz CT molecular complexity index is 287. The van der Waals surface area contributed by atoms with E-state index in [1.54, 1.807) is 0 Å². The Hall–Kier alpha value is -2.44. The number of carbonyl (C=O) groups is 4. The van der Waals surface area contributed by atoms with Gasteiger partial charge in [-0.3, -0.25) is 0 Å². The van der Waals surface area contributed by atoms with Crippen molar-refractivity contribution >= 4 is 24.9 Å². The molecule has 0 amide bonds. The highest BCUT2D eigenvalue weighted by molar-refractivity contribution is 5.55. The number of rotatable bonds is 2. The Labute approximate surface area is 134 Å². The van der Waals surface area contributed by atoms with Crippen LogP contribution < -0.4 is 0 Å². The molecule has 0 saturated carbocycles. The summed E-state index contributed by atoms with van der Waals surface area (Å²) in [5.41, 5.74) is 0. The summed E-state index contributed by atoms with van der Waals surface area (Å²) in [6.07, 6.45) is -5.15. The molecule has 9 nitrogen and oxygen atoms in total. The van der Waals surface area contributed by atoms with Gasteiger partial charge in [0.05, 0.1) is 0 Å². The van der Waals surface area contributed by atoms with Crippen LogP contribution in [0.4, 0.5) is 36.7 Å². The fraction of sp³-hybridized carbons (Fsp3) is 0.636. The first-order chi connectivity index (χ1) is 10.9. The molecule has 0 aromatic rings. The van der Waals surface area contributed by atoms with E-state index in [2.05, 4.69) is 11.8 Å². The topological polar surface area (TPSA) is 152 Å². The summed E-state index contributed by atoms with van der Waals surface area (Å²) in [6, 6.07) is 0. The van der Waals surface area contributed by atoms with E-state index >= 15 is 0 Å². The van der Waals surface area contributed by atoms with Crippen LogP contribution in [0.3, 0.4) is 0 Å². The van der Waals surface area contributed by atoms with Crippen molar-refractivity contribution in [2.24, 2.45) is 0 Å². The minimum Gasteiger partial charge on any atom is -0.456 e. The summed E-state index contributed by atoms with van der Waals surface area (Å²) in [7, 11) is 0. The summed E-state index contributed by atoms with van der Waals surface area (Å²) in [5, 5.41) is 27.0. The van der Waals surface area contributed by atoms with Crippen LogP contribution in [0.1, 0.15) is 26.2 Å². The molecule has 0 aromatic heterocycles. The van der Waals surface area contributed by atoms with Gasteiger partial charge in [0.25, 0.3) is 0 Å². The third-order valence-electron chi connectivity index (χ3n) is 1.74. The van der Waals surface area contributed by atoms with E-state index < -0.39 is 24.9 Å². The monoisotopic (exact) mass is 369 g/mol. The van der Waals surface area contributed by atoms with Crippen LogP contribution in [-0.4, -0.2) is 69.9 Å². The number of halogens is 4. The van der Waals surface area contributed by atoms with Crippen molar-refractivity contribution in [2.45, 2.75) is 26.2 Å². The van der Waals surface area contributed by atoms with Gasteiger partial charge in [-0.05, 0) is 38.9 Å². The van der Waals surface area contributed by atoms with Crippen LogP contribution >= 0.6 is 0 Å². The fourth-order valence-corrected chi connectivity index (χ4v) is 1.32. The van der Waals surface area contributed by atoms with Crippen molar-refractivity contribution < 1.29 is 57.2 Å². The van der Waals surface area contributed by atoms with Gasteiger partial charge in [-0.15, -0.1) is 17.6 Å². The van der Waals surface area contributed by atoms with Gasteiger partial charge >= 0.3 is 24.9 Å². The van der Waals surface area contributed by atoms with Crippen molar-refractivity contribution in [3.05, 3.63) is 0 Å². The molecule has 1 rings (SSSR count). The largest absolute Gasteiger partial charge is 0.492 e. The molecule has 0 spiro atoms. The average Bonchev–Trinajstić information content (AvgIpc) is 2.79. The summed E-state index contributed by atoms with van der Waals surface area (Å²) < 4.78 is 39.7. The van der Waals surface area contributed by atoms with E-state index in [-0.39, 0.29) is 0 Å². The lowest BCUT2D eigenvalue weighted by molar-refractivity contribution is 0.167. The SMILES string of the molecule is CCCN1CCCC1.O=C(O)F.O=C(O)F.O=C(O)F.O=C(O)F. The van der Waals surface area contributed by atoms with Crippen LogP contribution in [0.2, 0.25) is 0 Å². The zero-order valence-corrected chi connectivity index (χ0v) is 12.6. The van der Waals surface area contributed by atoms with Gasteiger partial charge in [0.2, 0.25) is 0 Å². The molecule has 0 aromatic carbocycles. The Balaban J connectivity index is -0.000000110. The molecule has 0 unspecified atom stereocenters. The maximum absolute atomic E-state index is 9.92. The predicted octanol–water partition coefficient (Wildman–Crippen LogP) is 4.03. The van der Waals surface area contributed by atoms with E-state index in [4.69, 9.17) is 39.6 Å². The van der Waals surface area contributed by atoms with E-state index in [9.17, 15) is 17.6 Å². The third-order valence-corrected chi connectivity index (χ3v) is 1.74. The van der Waals surface area contributed by atoms with Crippen molar-refractivity contribution in [2.75, 3.05) is 19.6 Å². The molecule has 0 bridgehead atoms. The van der Waals surface area contributed by atoms with Crippen molar-refractivity contribution in [1.29, 1.82) is 0 Å².